The summed E-state index contributed by atoms with van der Waals surface area (Å²) < 4.78 is 22.7. The third-order valence-electron chi connectivity index (χ3n) is 3.30. The minimum atomic E-state index is -3.49. The van der Waals surface area contributed by atoms with Gasteiger partial charge in [-0.1, -0.05) is 17.2 Å². The minimum absolute atomic E-state index is 0.0884. The van der Waals surface area contributed by atoms with Gasteiger partial charge in [-0.3, -0.25) is 9.59 Å². The molecule has 2 amide bonds. The topological polar surface area (TPSA) is 97.8 Å². The molecule has 0 spiro atoms. The molecule has 2 heterocycles. The summed E-state index contributed by atoms with van der Waals surface area (Å²) in [6.07, 6.45) is 0.143. The van der Waals surface area contributed by atoms with Gasteiger partial charge in [-0.05, 0) is 18.6 Å². The second-order valence-electron chi connectivity index (χ2n) is 4.50. The van der Waals surface area contributed by atoms with Crippen molar-refractivity contribution in [3.05, 3.63) is 35.4 Å². The summed E-state index contributed by atoms with van der Waals surface area (Å²) in [6, 6.07) is 6.02. The van der Waals surface area contributed by atoms with Gasteiger partial charge in [0.05, 0.1) is 16.9 Å². The zero-order chi connectivity index (χ0) is 14.5. The SMILES string of the molecule is O=C(ON1C(=O)c2ccccc2C1=O)C1CCS1(=O)=O. The van der Waals surface area contributed by atoms with Crippen molar-refractivity contribution in [2.75, 3.05) is 5.75 Å². The lowest BCUT2D eigenvalue weighted by atomic mass is 10.1. The molecule has 7 nitrogen and oxygen atoms in total. The summed E-state index contributed by atoms with van der Waals surface area (Å²) in [5.41, 5.74) is 0.253. The molecule has 1 aromatic rings. The van der Waals surface area contributed by atoms with Gasteiger partial charge >= 0.3 is 5.97 Å². The molecule has 0 aliphatic carbocycles. The van der Waals surface area contributed by atoms with Gasteiger partial charge in [0.1, 0.15) is 0 Å². The maximum absolute atomic E-state index is 11.9. The Kier molecular flexibility index (Phi) is 2.65. The molecule has 1 unspecified atom stereocenters. The highest BCUT2D eigenvalue weighted by Crippen LogP contribution is 2.26. The Morgan fingerprint density at radius 3 is 2.10 bits per heavy atom. The first kappa shape index (κ1) is 12.8. The molecular formula is C12H9NO6S. The van der Waals surface area contributed by atoms with Crippen LogP contribution in [0, 0.1) is 0 Å². The first-order valence-corrected chi connectivity index (χ1v) is 7.54. The summed E-state index contributed by atoms with van der Waals surface area (Å²) in [6.45, 7) is 0. The third kappa shape index (κ3) is 1.72. The van der Waals surface area contributed by atoms with Gasteiger partial charge in [-0.2, -0.15) is 0 Å². The van der Waals surface area contributed by atoms with Crippen LogP contribution < -0.4 is 0 Å². The zero-order valence-electron chi connectivity index (χ0n) is 10.1. The van der Waals surface area contributed by atoms with E-state index in [0.29, 0.717) is 5.06 Å². The van der Waals surface area contributed by atoms with Gasteiger partial charge in [0.25, 0.3) is 11.8 Å². The number of rotatable bonds is 2. The molecule has 3 rings (SSSR count). The Labute approximate surface area is 114 Å². The highest BCUT2D eigenvalue weighted by Gasteiger charge is 2.46. The van der Waals surface area contributed by atoms with E-state index in [-0.39, 0.29) is 23.3 Å². The molecule has 0 bridgehead atoms. The van der Waals surface area contributed by atoms with Crippen molar-refractivity contribution in [2.24, 2.45) is 0 Å². The van der Waals surface area contributed by atoms with Crippen molar-refractivity contribution < 1.29 is 27.6 Å². The largest absolute Gasteiger partial charge is 0.351 e. The molecule has 104 valence electrons. The first-order valence-electron chi connectivity index (χ1n) is 5.83. The first-order chi connectivity index (χ1) is 9.42. The number of fused-ring (bicyclic) bond motifs is 1. The van der Waals surface area contributed by atoms with Gasteiger partial charge in [0, 0.05) is 0 Å². The smallest absolute Gasteiger partial charge is 0.328 e. The lowest BCUT2D eigenvalue weighted by molar-refractivity contribution is -0.168. The van der Waals surface area contributed by atoms with E-state index in [0.717, 1.165) is 0 Å². The third-order valence-corrected chi connectivity index (χ3v) is 5.40. The van der Waals surface area contributed by atoms with Gasteiger partial charge in [0.15, 0.2) is 15.1 Å². The Morgan fingerprint density at radius 1 is 1.15 bits per heavy atom. The number of nitrogens with zero attached hydrogens (tertiary/aromatic N) is 1. The second-order valence-corrected chi connectivity index (χ2v) is 6.81. The number of amides is 2. The molecule has 1 fully saturated rings. The molecule has 1 saturated heterocycles. The number of sulfone groups is 1. The van der Waals surface area contributed by atoms with E-state index in [9.17, 15) is 22.8 Å². The van der Waals surface area contributed by atoms with Crippen molar-refractivity contribution in [2.45, 2.75) is 11.7 Å². The summed E-state index contributed by atoms with van der Waals surface area (Å²) in [7, 11) is -3.49. The lowest BCUT2D eigenvalue weighted by Crippen LogP contribution is -2.47. The van der Waals surface area contributed by atoms with Crippen molar-refractivity contribution >= 4 is 27.6 Å². The molecule has 20 heavy (non-hydrogen) atoms. The van der Waals surface area contributed by atoms with Gasteiger partial charge in [0.2, 0.25) is 0 Å². The molecule has 1 aromatic carbocycles. The normalized spacial score (nSPS) is 23.2. The van der Waals surface area contributed by atoms with Crippen LogP contribution in [0.15, 0.2) is 24.3 Å². The van der Waals surface area contributed by atoms with Gasteiger partial charge < -0.3 is 4.84 Å². The molecule has 0 saturated carbocycles. The van der Waals surface area contributed by atoms with Crippen molar-refractivity contribution in [1.82, 2.24) is 5.06 Å². The van der Waals surface area contributed by atoms with Crippen LogP contribution in [0.3, 0.4) is 0 Å². The number of benzene rings is 1. The Hall–Kier alpha value is -2.22. The maximum Gasteiger partial charge on any atom is 0.351 e. The Bertz CT molecular complexity index is 703. The fourth-order valence-electron chi connectivity index (χ4n) is 2.09. The average Bonchev–Trinajstić information content (AvgIpc) is 2.63. The van der Waals surface area contributed by atoms with E-state index in [1.165, 1.54) is 12.1 Å². The van der Waals surface area contributed by atoms with Gasteiger partial charge in [-0.25, -0.2) is 13.2 Å². The average molecular weight is 295 g/mol. The Balaban J connectivity index is 1.82. The van der Waals surface area contributed by atoms with Crippen LogP contribution in [0.4, 0.5) is 0 Å². The van der Waals surface area contributed by atoms with Gasteiger partial charge in [-0.15, -0.1) is 0 Å². The fraction of sp³-hybridized carbons (Fsp3) is 0.250. The van der Waals surface area contributed by atoms with E-state index in [4.69, 9.17) is 0 Å². The van der Waals surface area contributed by atoms with Crippen LogP contribution in [0.2, 0.25) is 0 Å². The Morgan fingerprint density at radius 2 is 1.70 bits per heavy atom. The highest BCUT2D eigenvalue weighted by molar-refractivity contribution is 7.94. The van der Waals surface area contributed by atoms with Crippen molar-refractivity contribution in [3.63, 3.8) is 0 Å². The molecule has 0 radical (unpaired) electrons. The molecule has 8 heteroatoms. The molecule has 0 N–H and O–H groups in total. The number of carbonyl (C=O) groups is 3. The van der Waals surface area contributed by atoms with E-state index < -0.39 is 32.9 Å². The summed E-state index contributed by atoms with van der Waals surface area (Å²) in [5.74, 6) is -2.72. The van der Waals surface area contributed by atoms with Crippen LogP contribution in [0.1, 0.15) is 27.1 Å². The minimum Gasteiger partial charge on any atom is -0.328 e. The highest BCUT2D eigenvalue weighted by atomic mass is 32.2. The van der Waals surface area contributed by atoms with E-state index in [2.05, 4.69) is 4.84 Å². The number of hydroxylamine groups is 2. The second kappa shape index (κ2) is 4.14. The zero-order valence-corrected chi connectivity index (χ0v) is 10.9. The summed E-state index contributed by atoms with van der Waals surface area (Å²) in [5, 5.41) is -0.965. The van der Waals surface area contributed by atoms with Crippen molar-refractivity contribution in [3.8, 4) is 0 Å². The summed E-state index contributed by atoms with van der Waals surface area (Å²) in [4.78, 5) is 40.2. The summed E-state index contributed by atoms with van der Waals surface area (Å²) >= 11 is 0. The monoisotopic (exact) mass is 295 g/mol. The number of carbonyl (C=O) groups excluding carboxylic acids is 3. The molecule has 2 aliphatic heterocycles. The van der Waals surface area contributed by atoms with Crippen LogP contribution >= 0.6 is 0 Å². The molecule has 1 atom stereocenters. The maximum atomic E-state index is 11.9. The number of hydrogen-bond donors (Lipinski definition) is 0. The number of hydrogen-bond acceptors (Lipinski definition) is 6. The lowest BCUT2D eigenvalue weighted by Gasteiger charge is -2.24. The van der Waals surface area contributed by atoms with Crippen LogP contribution in [0.25, 0.3) is 0 Å². The molecule has 2 aliphatic rings. The van der Waals surface area contributed by atoms with Crippen LogP contribution in [-0.2, 0) is 19.5 Å². The quantitative estimate of drug-likeness (QED) is 0.708. The standard InChI is InChI=1S/C12H9NO6S/c14-10-7-3-1-2-4-8(7)11(15)13(10)19-12(16)9-5-6-20(9,17)18/h1-4,9H,5-6H2. The molecular weight excluding hydrogens is 286 g/mol. The predicted octanol–water partition coefficient (Wildman–Crippen LogP) is -0.0721. The van der Waals surface area contributed by atoms with Crippen LogP contribution in [0.5, 0.6) is 0 Å². The predicted molar refractivity (Wildman–Crippen MR) is 65.2 cm³/mol. The van der Waals surface area contributed by atoms with E-state index >= 15 is 0 Å². The molecule has 0 aromatic heterocycles. The van der Waals surface area contributed by atoms with Crippen LogP contribution in [-0.4, -0.2) is 42.3 Å². The van der Waals surface area contributed by atoms with E-state index in [1.54, 1.807) is 12.1 Å². The van der Waals surface area contributed by atoms with Crippen molar-refractivity contribution in [1.29, 1.82) is 0 Å². The van der Waals surface area contributed by atoms with E-state index in [1.807, 2.05) is 0 Å². The number of imide groups is 1. The fourth-order valence-corrected chi connectivity index (χ4v) is 3.28.